The van der Waals surface area contributed by atoms with E-state index in [1.807, 2.05) is 16.7 Å². The average molecular weight is 280 g/mol. The number of carbonyl (C=O) groups is 1. The van der Waals surface area contributed by atoms with Gasteiger partial charge in [-0.3, -0.25) is 10.1 Å². The Labute approximate surface area is 116 Å². The van der Waals surface area contributed by atoms with E-state index in [9.17, 15) is 9.18 Å². The van der Waals surface area contributed by atoms with Gasteiger partial charge in [-0.2, -0.15) is 11.8 Å². The van der Waals surface area contributed by atoms with Gasteiger partial charge in [-0.15, -0.1) is 0 Å². The fourth-order valence-corrected chi connectivity index (χ4v) is 3.90. The summed E-state index contributed by atoms with van der Waals surface area (Å²) in [5.41, 5.74) is 0.963. The van der Waals surface area contributed by atoms with Gasteiger partial charge in [-0.1, -0.05) is 12.1 Å². The first-order chi connectivity index (χ1) is 9.25. The zero-order valence-electron chi connectivity index (χ0n) is 10.6. The Kier molecular flexibility index (Phi) is 3.75. The van der Waals surface area contributed by atoms with Gasteiger partial charge >= 0.3 is 0 Å². The largest absolute Gasteiger partial charge is 0.319 e. The predicted molar refractivity (Wildman–Crippen MR) is 74.3 cm³/mol. The molecule has 19 heavy (non-hydrogen) atoms. The van der Waals surface area contributed by atoms with Crippen LogP contribution in [0, 0.1) is 5.82 Å². The van der Waals surface area contributed by atoms with E-state index in [0.717, 1.165) is 29.9 Å². The lowest BCUT2D eigenvalue weighted by molar-refractivity contribution is -0.130. The van der Waals surface area contributed by atoms with Crippen molar-refractivity contribution in [1.29, 1.82) is 0 Å². The van der Waals surface area contributed by atoms with Crippen molar-refractivity contribution in [3.8, 4) is 0 Å². The zero-order valence-corrected chi connectivity index (χ0v) is 11.5. The lowest BCUT2D eigenvalue weighted by Gasteiger charge is -2.35. The van der Waals surface area contributed by atoms with Gasteiger partial charge in [0.1, 0.15) is 12.0 Å². The number of hydrogen-bond acceptors (Lipinski definition) is 3. The molecule has 2 heterocycles. The van der Waals surface area contributed by atoms with E-state index in [0.29, 0.717) is 12.6 Å². The molecule has 0 bridgehead atoms. The van der Waals surface area contributed by atoms with Gasteiger partial charge in [0.05, 0.1) is 6.54 Å². The Bertz CT molecular complexity index is 459. The summed E-state index contributed by atoms with van der Waals surface area (Å²) in [4.78, 5) is 14.1. The third kappa shape index (κ3) is 2.62. The molecular weight excluding hydrogens is 263 g/mol. The van der Waals surface area contributed by atoms with Crippen molar-refractivity contribution in [2.24, 2.45) is 0 Å². The number of hydrogen-bond donors (Lipinski definition) is 1. The Hall–Kier alpha value is -1.07. The van der Waals surface area contributed by atoms with E-state index in [2.05, 4.69) is 5.32 Å². The Morgan fingerprint density at radius 3 is 2.58 bits per heavy atom. The number of carbonyl (C=O) groups excluding carboxylic acids is 1. The molecule has 2 aliphatic heterocycles. The van der Waals surface area contributed by atoms with Gasteiger partial charge in [0, 0.05) is 6.04 Å². The standard InChI is InChI=1S/C14H17FN2OS/c15-11-3-1-10(2-4-11)14-16-9-13(18)17(14)12-5-7-19-8-6-12/h1-4,12,14,16H,5-9H2. The number of amides is 1. The van der Waals surface area contributed by atoms with Crippen LogP contribution in [-0.4, -0.2) is 34.9 Å². The summed E-state index contributed by atoms with van der Waals surface area (Å²) in [5, 5.41) is 3.24. The van der Waals surface area contributed by atoms with Crippen LogP contribution in [0.5, 0.6) is 0 Å². The summed E-state index contributed by atoms with van der Waals surface area (Å²) in [6.07, 6.45) is 2.01. The lowest BCUT2D eigenvalue weighted by atomic mass is 10.1. The Morgan fingerprint density at radius 2 is 1.89 bits per heavy atom. The molecule has 1 N–H and O–H groups in total. The summed E-state index contributed by atoms with van der Waals surface area (Å²) in [7, 11) is 0. The molecule has 3 nitrogen and oxygen atoms in total. The van der Waals surface area contributed by atoms with E-state index in [4.69, 9.17) is 0 Å². The van der Waals surface area contributed by atoms with Crippen molar-refractivity contribution in [2.45, 2.75) is 25.0 Å². The third-order valence-corrected chi connectivity index (χ3v) is 4.83. The maximum Gasteiger partial charge on any atom is 0.238 e. The normalized spacial score (nSPS) is 25.0. The van der Waals surface area contributed by atoms with Crippen LogP contribution in [-0.2, 0) is 4.79 Å². The van der Waals surface area contributed by atoms with Crippen molar-refractivity contribution in [3.63, 3.8) is 0 Å². The quantitative estimate of drug-likeness (QED) is 0.901. The van der Waals surface area contributed by atoms with Crippen molar-refractivity contribution < 1.29 is 9.18 Å². The topological polar surface area (TPSA) is 32.3 Å². The van der Waals surface area contributed by atoms with Gasteiger partial charge in [-0.05, 0) is 42.0 Å². The van der Waals surface area contributed by atoms with Gasteiger partial charge in [0.2, 0.25) is 5.91 Å². The second-order valence-electron chi connectivity index (χ2n) is 4.98. The number of benzene rings is 1. The molecule has 0 aliphatic carbocycles. The molecule has 0 radical (unpaired) electrons. The molecule has 1 amide bonds. The highest BCUT2D eigenvalue weighted by atomic mass is 32.2. The molecule has 102 valence electrons. The Morgan fingerprint density at radius 1 is 1.21 bits per heavy atom. The molecule has 1 unspecified atom stereocenters. The molecule has 1 aromatic rings. The first-order valence-corrected chi connectivity index (χ1v) is 7.79. The van der Waals surface area contributed by atoms with E-state index < -0.39 is 0 Å². The molecule has 1 atom stereocenters. The van der Waals surface area contributed by atoms with Crippen molar-refractivity contribution in [2.75, 3.05) is 18.1 Å². The number of nitrogens with zero attached hydrogens (tertiary/aromatic N) is 1. The molecule has 5 heteroatoms. The predicted octanol–water partition coefficient (Wildman–Crippen LogP) is 2.15. The summed E-state index contributed by atoms with van der Waals surface area (Å²) in [6, 6.07) is 6.74. The first kappa shape index (κ1) is 12.9. The summed E-state index contributed by atoms with van der Waals surface area (Å²) in [6.45, 7) is 0.381. The van der Waals surface area contributed by atoms with Crippen LogP contribution in [0.1, 0.15) is 24.6 Å². The summed E-state index contributed by atoms with van der Waals surface area (Å²) < 4.78 is 13.0. The van der Waals surface area contributed by atoms with Crippen LogP contribution in [0.4, 0.5) is 4.39 Å². The van der Waals surface area contributed by atoms with Gasteiger partial charge in [-0.25, -0.2) is 4.39 Å². The zero-order chi connectivity index (χ0) is 13.2. The van der Waals surface area contributed by atoms with E-state index in [-0.39, 0.29) is 17.9 Å². The molecule has 0 aromatic heterocycles. The van der Waals surface area contributed by atoms with Gasteiger partial charge in [0.15, 0.2) is 0 Å². The van der Waals surface area contributed by atoms with Crippen molar-refractivity contribution in [1.82, 2.24) is 10.2 Å². The summed E-state index contributed by atoms with van der Waals surface area (Å²) in [5.74, 6) is 2.15. The van der Waals surface area contributed by atoms with E-state index >= 15 is 0 Å². The highest BCUT2D eigenvalue weighted by Gasteiger charge is 2.37. The smallest absolute Gasteiger partial charge is 0.238 e. The molecule has 3 rings (SSSR count). The molecule has 2 fully saturated rings. The van der Waals surface area contributed by atoms with E-state index in [1.54, 1.807) is 12.1 Å². The fourth-order valence-electron chi connectivity index (χ4n) is 2.82. The van der Waals surface area contributed by atoms with Crippen LogP contribution < -0.4 is 5.32 Å². The monoisotopic (exact) mass is 280 g/mol. The van der Waals surface area contributed by atoms with Crippen molar-refractivity contribution >= 4 is 17.7 Å². The second-order valence-corrected chi connectivity index (χ2v) is 6.20. The number of nitrogens with one attached hydrogen (secondary N) is 1. The van der Waals surface area contributed by atoms with Gasteiger partial charge in [0.25, 0.3) is 0 Å². The average Bonchev–Trinajstić information content (AvgIpc) is 2.82. The number of halogens is 1. The van der Waals surface area contributed by atoms with E-state index in [1.165, 1.54) is 12.1 Å². The number of thioether (sulfide) groups is 1. The molecule has 2 aliphatic rings. The molecule has 2 saturated heterocycles. The SMILES string of the molecule is O=C1CNC(c2ccc(F)cc2)N1C1CCSCC1. The summed E-state index contributed by atoms with van der Waals surface area (Å²) >= 11 is 1.95. The lowest BCUT2D eigenvalue weighted by Crippen LogP contribution is -2.41. The highest BCUT2D eigenvalue weighted by Crippen LogP contribution is 2.31. The van der Waals surface area contributed by atoms with Crippen LogP contribution in [0.25, 0.3) is 0 Å². The van der Waals surface area contributed by atoms with Crippen molar-refractivity contribution in [3.05, 3.63) is 35.6 Å². The molecule has 0 saturated carbocycles. The molecule has 0 spiro atoms. The highest BCUT2D eigenvalue weighted by molar-refractivity contribution is 7.99. The van der Waals surface area contributed by atoms with Crippen LogP contribution in [0.15, 0.2) is 24.3 Å². The number of rotatable bonds is 2. The fraction of sp³-hybridized carbons (Fsp3) is 0.500. The minimum absolute atomic E-state index is 0.0961. The maximum absolute atomic E-state index is 13.0. The third-order valence-electron chi connectivity index (χ3n) is 3.78. The maximum atomic E-state index is 13.0. The molecule has 1 aromatic carbocycles. The van der Waals surface area contributed by atoms with Crippen LogP contribution in [0.3, 0.4) is 0 Å². The molecular formula is C14H17FN2OS. The van der Waals surface area contributed by atoms with Gasteiger partial charge < -0.3 is 4.90 Å². The second kappa shape index (κ2) is 5.51. The van der Waals surface area contributed by atoms with Crippen LogP contribution >= 0.6 is 11.8 Å². The minimum Gasteiger partial charge on any atom is -0.319 e. The minimum atomic E-state index is -0.242. The first-order valence-electron chi connectivity index (χ1n) is 6.63. The van der Waals surface area contributed by atoms with Crippen LogP contribution in [0.2, 0.25) is 0 Å². The Balaban J connectivity index is 1.83.